The van der Waals surface area contributed by atoms with Crippen LogP contribution in [0, 0.1) is 6.92 Å². The average molecular weight is 361 g/mol. The first-order valence-electron chi connectivity index (χ1n) is 8.72. The van der Waals surface area contributed by atoms with E-state index in [-0.39, 0.29) is 5.91 Å². The molecule has 6 nitrogen and oxygen atoms in total. The number of hydrogen-bond donors (Lipinski definition) is 2. The predicted octanol–water partition coefficient (Wildman–Crippen LogP) is 3.72. The summed E-state index contributed by atoms with van der Waals surface area (Å²) < 4.78 is 0. The molecule has 1 amide bonds. The van der Waals surface area contributed by atoms with E-state index < -0.39 is 0 Å². The molecule has 1 heterocycles. The first-order valence-corrected chi connectivity index (χ1v) is 8.72. The van der Waals surface area contributed by atoms with Crippen molar-refractivity contribution < 1.29 is 4.79 Å². The molecule has 0 aliphatic rings. The van der Waals surface area contributed by atoms with E-state index in [4.69, 9.17) is 0 Å². The molecule has 6 heteroatoms. The molecule has 0 spiro atoms. The Morgan fingerprint density at radius 3 is 2.48 bits per heavy atom. The van der Waals surface area contributed by atoms with E-state index in [2.05, 4.69) is 39.7 Å². The first kappa shape index (κ1) is 18.4. The van der Waals surface area contributed by atoms with Gasteiger partial charge >= 0.3 is 0 Å². The number of amides is 1. The van der Waals surface area contributed by atoms with E-state index in [1.165, 1.54) is 17.5 Å². The fraction of sp³-hybridized carbons (Fsp3) is 0.190. The molecule has 0 unspecified atom stereocenters. The Bertz CT molecular complexity index is 922. The summed E-state index contributed by atoms with van der Waals surface area (Å²) in [6.07, 6.45) is 1.39. The van der Waals surface area contributed by atoms with Crippen LogP contribution in [-0.4, -0.2) is 30.0 Å². The van der Waals surface area contributed by atoms with Gasteiger partial charge in [0.2, 0.25) is 0 Å². The number of benzene rings is 2. The Hall–Kier alpha value is -3.41. The summed E-state index contributed by atoms with van der Waals surface area (Å²) in [7, 11) is 3.94. The molecule has 3 rings (SSSR count). The zero-order chi connectivity index (χ0) is 19.2. The van der Waals surface area contributed by atoms with Gasteiger partial charge in [0.1, 0.15) is 17.8 Å². The van der Waals surface area contributed by atoms with Gasteiger partial charge in [-0.2, -0.15) is 0 Å². The number of carbonyl (C=O) groups is 1. The molecular weight excluding hydrogens is 338 g/mol. The van der Waals surface area contributed by atoms with Gasteiger partial charge < -0.3 is 15.5 Å². The maximum atomic E-state index is 12.5. The summed E-state index contributed by atoms with van der Waals surface area (Å²) in [6, 6.07) is 17.4. The summed E-state index contributed by atoms with van der Waals surface area (Å²) in [4.78, 5) is 22.8. The van der Waals surface area contributed by atoms with Crippen molar-refractivity contribution in [2.45, 2.75) is 13.5 Å². The van der Waals surface area contributed by atoms with Crippen LogP contribution >= 0.6 is 0 Å². The molecule has 138 valence electrons. The quantitative estimate of drug-likeness (QED) is 0.700. The maximum Gasteiger partial charge on any atom is 0.274 e. The molecule has 0 radical (unpaired) electrons. The standard InChI is InChI=1S/C21H23N5O/c1-15-6-4-5-7-16(15)13-22-20-12-19(23-14-24-20)21(27)25-17-8-10-18(11-9-17)26(2)3/h4-12,14H,13H2,1-3H3,(H,25,27)(H,22,23,24). The molecule has 1 aromatic heterocycles. The minimum Gasteiger partial charge on any atom is -0.378 e. The second-order valence-electron chi connectivity index (χ2n) is 6.46. The SMILES string of the molecule is Cc1ccccc1CNc1cc(C(=O)Nc2ccc(N(C)C)cc2)ncn1. The smallest absolute Gasteiger partial charge is 0.274 e. The van der Waals surface area contributed by atoms with Crippen LogP contribution in [0.1, 0.15) is 21.6 Å². The van der Waals surface area contributed by atoms with Crippen LogP contribution in [0.25, 0.3) is 0 Å². The van der Waals surface area contributed by atoms with E-state index in [1.54, 1.807) is 6.07 Å². The summed E-state index contributed by atoms with van der Waals surface area (Å²) in [6.45, 7) is 2.70. The Labute approximate surface area is 159 Å². The maximum absolute atomic E-state index is 12.5. The zero-order valence-corrected chi connectivity index (χ0v) is 15.7. The highest BCUT2D eigenvalue weighted by molar-refractivity contribution is 6.03. The van der Waals surface area contributed by atoms with Crippen molar-refractivity contribution in [2.75, 3.05) is 29.6 Å². The number of anilines is 3. The minimum atomic E-state index is -0.269. The van der Waals surface area contributed by atoms with Crippen LogP contribution in [-0.2, 0) is 6.54 Å². The lowest BCUT2D eigenvalue weighted by Crippen LogP contribution is -2.15. The Balaban J connectivity index is 1.65. The number of nitrogens with zero attached hydrogens (tertiary/aromatic N) is 3. The molecule has 2 aromatic carbocycles. The lowest BCUT2D eigenvalue weighted by Gasteiger charge is -2.13. The van der Waals surface area contributed by atoms with Gasteiger partial charge in [0.15, 0.2) is 0 Å². The monoisotopic (exact) mass is 361 g/mol. The van der Waals surface area contributed by atoms with Crippen LogP contribution in [0.4, 0.5) is 17.2 Å². The largest absolute Gasteiger partial charge is 0.378 e. The number of hydrogen-bond acceptors (Lipinski definition) is 5. The number of aryl methyl sites for hydroxylation is 1. The lowest BCUT2D eigenvalue weighted by molar-refractivity contribution is 0.102. The Morgan fingerprint density at radius 2 is 1.78 bits per heavy atom. The Kier molecular flexibility index (Phi) is 5.66. The molecule has 2 N–H and O–H groups in total. The molecule has 0 saturated carbocycles. The van der Waals surface area contributed by atoms with Gasteiger partial charge in [-0.15, -0.1) is 0 Å². The van der Waals surface area contributed by atoms with E-state index in [9.17, 15) is 4.79 Å². The highest BCUT2D eigenvalue weighted by Gasteiger charge is 2.10. The van der Waals surface area contributed by atoms with Gasteiger partial charge in [-0.1, -0.05) is 24.3 Å². The van der Waals surface area contributed by atoms with Crippen molar-refractivity contribution >= 4 is 23.1 Å². The molecule has 0 bridgehead atoms. The summed E-state index contributed by atoms with van der Waals surface area (Å²) >= 11 is 0. The minimum absolute atomic E-state index is 0.269. The molecule has 0 aliphatic heterocycles. The van der Waals surface area contributed by atoms with Crippen LogP contribution in [0.15, 0.2) is 60.9 Å². The Morgan fingerprint density at radius 1 is 1.04 bits per heavy atom. The topological polar surface area (TPSA) is 70.2 Å². The van der Waals surface area contributed by atoms with Crippen molar-refractivity contribution in [2.24, 2.45) is 0 Å². The van der Waals surface area contributed by atoms with Crippen molar-refractivity contribution in [3.8, 4) is 0 Å². The third kappa shape index (κ3) is 4.82. The second kappa shape index (κ2) is 8.31. The van der Waals surface area contributed by atoms with Crippen molar-refractivity contribution in [3.63, 3.8) is 0 Å². The molecule has 3 aromatic rings. The molecule has 0 aliphatic carbocycles. The number of carbonyl (C=O) groups excluding carboxylic acids is 1. The van der Waals surface area contributed by atoms with Crippen molar-refractivity contribution in [1.82, 2.24) is 9.97 Å². The normalized spacial score (nSPS) is 10.3. The number of aromatic nitrogens is 2. The van der Waals surface area contributed by atoms with Crippen molar-refractivity contribution in [1.29, 1.82) is 0 Å². The van der Waals surface area contributed by atoms with Gasteiger partial charge in [-0.05, 0) is 42.3 Å². The van der Waals surface area contributed by atoms with Gasteiger partial charge in [-0.25, -0.2) is 9.97 Å². The van der Waals surface area contributed by atoms with Crippen LogP contribution in [0.5, 0.6) is 0 Å². The fourth-order valence-corrected chi connectivity index (χ4v) is 2.61. The first-order chi connectivity index (χ1) is 13.0. The van der Waals surface area contributed by atoms with Gasteiger partial charge in [0, 0.05) is 38.1 Å². The van der Waals surface area contributed by atoms with E-state index >= 15 is 0 Å². The van der Waals surface area contributed by atoms with E-state index in [0.717, 1.165) is 11.4 Å². The third-order valence-corrected chi connectivity index (χ3v) is 4.26. The number of nitrogens with one attached hydrogen (secondary N) is 2. The van der Waals surface area contributed by atoms with Crippen LogP contribution < -0.4 is 15.5 Å². The summed E-state index contributed by atoms with van der Waals surface area (Å²) in [5.74, 6) is 0.343. The summed E-state index contributed by atoms with van der Waals surface area (Å²) in [5, 5.41) is 6.10. The zero-order valence-electron chi connectivity index (χ0n) is 15.7. The van der Waals surface area contributed by atoms with Crippen LogP contribution in [0.2, 0.25) is 0 Å². The van der Waals surface area contributed by atoms with Gasteiger partial charge in [0.05, 0.1) is 0 Å². The predicted molar refractivity (Wildman–Crippen MR) is 109 cm³/mol. The lowest BCUT2D eigenvalue weighted by atomic mass is 10.1. The molecule has 0 fully saturated rings. The third-order valence-electron chi connectivity index (χ3n) is 4.26. The molecule has 27 heavy (non-hydrogen) atoms. The summed E-state index contributed by atoms with van der Waals surface area (Å²) in [5.41, 5.74) is 4.49. The average Bonchev–Trinajstić information content (AvgIpc) is 2.68. The van der Waals surface area contributed by atoms with Gasteiger partial charge in [-0.3, -0.25) is 4.79 Å². The highest BCUT2D eigenvalue weighted by atomic mass is 16.1. The van der Waals surface area contributed by atoms with Crippen LogP contribution in [0.3, 0.4) is 0 Å². The number of rotatable bonds is 6. The van der Waals surface area contributed by atoms with Gasteiger partial charge in [0.25, 0.3) is 5.91 Å². The van der Waals surface area contributed by atoms with E-state index in [0.29, 0.717) is 18.1 Å². The molecular formula is C21H23N5O. The molecule has 0 atom stereocenters. The fourth-order valence-electron chi connectivity index (χ4n) is 2.61. The van der Waals surface area contributed by atoms with Crippen molar-refractivity contribution in [3.05, 3.63) is 77.7 Å². The highest BCUT2D eigenvalue weighted by Crippen LogP contribution is 2.17. The molecule has 0 saturated heterocycles. The van der Waals surface area contributed by atoms with E-state index in [1.807, 2.05) is 55.4 Å². The second-order valence-corrected chi connectivity index (χ2v) is 6.46.